The molecule has 0 amide bonds. The highest BCUT2D eigenvalue weighted by molar-refractivity contribution is 5.71. The Morgan fingerprint density at radius 3 is 1.13 bits per heavy atom. The molecule has 6 heteroatoms. The number of rotatable bonds is 40. The van der Waals surface area contributed by atoms with E-state index in [0.717, 1.165) is 116 Å². The van der Waals surface area contributed by atoms with Crippen molar-refractivity contribution in [3.8, 4) is 0 Å². The van der Waals surface area contributed by atoms with E-state index in [2.05, 4.69) is 81.5 Å². The van der Waals surface area contributed by atoms with Gasteiger partial charge in [-0.1, -0.05) is 200 Å². The van der Waals surface area contributed by atoms with Crippen molar-refractivity contribution in [3.63, 3.8) is 0 Å². The summed E-state index contributed by atoms with van der Waals surface area (Å²) in [4.78, 5) is 37.9. The molecule has 0 fully saturated rings. The van der Waals surface area contributed by atoms with Crippen LogP contribution in [0.25, 0.3) is 0 Å². The number of allylic oxidation sites excluding steroid dienone is 20. The first-order chi connectivity index (χ1) is 29.5. The van der Waals surface area contributed by atoms with Gasteiger partial charge in [0, 0.05) is 19.3 Å². The minimum atomic E-state index is -0.811. The van der Waals surface area contributed by atoms with Crippen LogP contribution in [0.15, 0.2) is 122 Å². The molecule has 0 aromatic heterocycles. The van der Waals surface area contributed by atoms with Gasteiger partial charge in [-0.3, -0.25) is 14.4 Å². The summed E-state index contributed by atoms with van der Waals surface area (Å²) in [6.45, 7) is 6.16. The molecular formula is C54H84O6. The maximum Gasteiger partial charge on any atom is 0.306 e. The smallest absolute Gasteiger partial charge is 0.306 e. The Hall–Kier alpha value is -4.19. The number of unbranched alkanes of at least 4 members (excludes halogenated alkanes) is 15. The summed E-state index contributed by atoms with van der Waals surface area (Å²) in [5.74, 6) is -0.992. The average molecular weight is 829 g/mol. The summed E-state index contributed by atoms with van der Waals surface area (Å²) in [7, 11) is 0. The molecule has 60 heavy (non-hydrogen) atoms. The molecule has 0 radical (unpaired) electrons. The Morgan fingerprint density at radius 2 is 0.683 bits per heavy atom. The van der Waals surface area contributed by atoms with Crippen molar-refractivity contribution in [2.75, 3.05) is 13.2 Å². The van der Waals surface area contributed by atoms with Crippen molar-refractivity contribution in [2.45, 2.75) is 187 Å². The van der Waals surface area contributed by atoms with Crippen LogP contribution < -0.4 is 0 Å². The molecule has 0 bridgehead atoms. The Kier molecular flexibility index (Phi) is 44.2. The van der Waals surface area contributed by atoms with E-state index in [0.29, 0.717) is 19.3 Å². The van der Waals surface area contributed by atoms with Gasteiger partial charge >= 0.3 is 17.9 Å². The fraction of sp³-hybridized carbons (Fsp3) is 0.574. The van der Waals surface area contributed by atoms with Gasteiger partial charge in [0.1, 0.15) is 13.2 Å². The Labute approximate surface area is 367 Å². The number of carbonyl (C=O) groups excluding carboxylic acids is 3. The average Bonchev–Trinajstić information content (AvgIpc) is 3.24. The first-order valence-corrected chi connectivity index (χ1v) is 23.6. The van der Waals surface area contributed by atoms with E-state index in [1.165, 1.54) is 25.7 Å². The first-order valence-electron chi connectivity index (χ1n) is 23.6. The Bertz CT molecular complexity index is 1320. The molecule has 0 spiro atoms. The second-order valence-electron chi connectivity index (χ2n) is 15.1. The van der Waals surface area contributed by atoms with Crippen molar-refractivity contribution >= 4 is 17.9 Å². The molecule has 0 aromatic carbocycles. The zero-order valence-electron chi connectivity index (χ0n) is 38.2. The number of hydrogen-bond donors (Lipinski definition) is 0. The third-order valence-electron chi connectivity index (χ3n) is 9.38. The second kappa shape index (κ2) is 47.5. The first kappa shape index (κ1) is 55.8. The predicted octanol–water partition coefficient (Wildman–Crippen LogP) is 15.4. The van der Waals surface area contributed by atoms with E-state index < -0.39 is 6.10 Å². The van der Waals surface area contributed by atoms with Crippen molar-refractivity contribution in [1.29, 1.82) is 0 Å². The minimum Gasteiger partial charge on any atom is -0.462 e. The van der Waals surface area contributed by atoms with Crippen LogP contribution in [0.1, 0.15) is 181 Å². The Balaban J connectivity index is 4.53. The molecule has 6 nitrogen and oxygen atoms in total. The maximum absolute atomic E-state index is 12.8. The van der Waals surface area contributed by atoms with Crippen LogP contribution in [-0.2, 0) is 28.6 Å². The molecular weight excluding hydrogens is 745 g/mol. The molecule has 0 aromatic rings. The molecule has 0 aliphatic carbocycles. The van der Waals surface area contributed by atoms with Gasteiger partial charge in [-0.2, -0.15) is 0 Å². The normalized spacial score (nSPS) is 13.2. The summed E-state index contributed by atoms with van der Waals surface area (Å²) in [5, 5.41) is 0. The third-order valence-corrected chi connectivity index (χ3v) is 9.38. The van der Waals surface area contributed by atoms with Crippen LogP contribution in [0.5, 0.6) is 0 Å². The van der Waals surface area contributed by atoms with Crippen LogP contribution in [-0.4, -0.2) is 37.2 Å². The molecule has 0 saturated heterocycles. The zero-order chi connectivity index (χ0) is 43.7. The minimum absolute atomic E-state index is 0.111. The van der Waals surface area contributed by atoms with Crippen LogP contribution in [0.3, 0.4) is 0 Å². The van der Waals surface area contributed by atoms with E-state index in [1.807, 2.05) is 60.8 Å². The Morgan fingerprint density at radius 1 is 0.350 bits per heavy atom. The summed E-state index contributed by atoms with van der Waals surface area (Å²) in [6.07, 6.45) is 64.6. The lowest BCUT2D eigenvalue weighted by molar-refractivity contribution is -0.167. The fourth-order valence-electron chi connectivity index (χ4n) is 5.91. The van der Waals surface area contributed by atoms with Gasteiger partial charge in [0.25, 0.3) is 0 Å². The van der Waals surface area contributed by atoms with Gasteiger partial charge < -0.3 is 14.2 Å². The summed E-state index contributed by atoms with van der Waals surface area (Å²) in [5.41, 5.74) is 0. The van der Waals surface area contributed by atoms with Gasteiger partial charge in [0.2, 0.25) is 0 Å². The van der Waals surface area contributed by atoms with E-state index in [4.69, 9.17) is 14.2 Å². The molecule has 1 atom stereocenters. The topological polar surface area (TPSA) is 78.9 Å². The maximum atomic E-state index is 12.8. The SMILES string of the molecule is CC\C=C/C=C\C=C/C=C\CCCCCCCC(=O)OCC(COC(=O)CCCCC\C=C/C=C\C=C/C=C\CC)OC(=O)CCCCCCCCC/C=C\C/C=C\CC. The number of ether oxygens (including phenoxy) is 3. The quantitative estimate of drug-likeness (QED) is 0.0201. The van der Waals surface area contributed by atoms with Crippen LogP contribution in [0, 0.1) is 0 Å². The number of carbonyl (C=O) groups is 3. The van der Waals surface area contributed by atoms with Crippen LogP contribution in [0.2, 0.25) is 0 Å². The molecule has 0 aliphatic heterocycles. The van der Waals surface area contributed by atoms with E-state index in [1.54, 1.807) is 0 Å². The lowest BCUT2D eigenvalue weighted by Crippen LogP contribution is -2.30. The molecule has 336 valence electrons. The predicted molar refractivity (Wildman–Crippen MR) is 256 cm³/mol. The molecule has 0 N–H and O–H groups in total. The highest BCUT2D eigenvalue weighted by atomic mass is 16.6. The van der Waals surface area contributed by atoms with Gasteiger partial charge in [-0.25, -0.2) is 0 Å². The number of esters is 3. The standard InChI is InChI=1S/C54H84O6/c1-4-7-10-13-16-19-22-25-27-30-32-35-38-41-44-47-53(56)59-50-51(49-58-52(55)46-43-40-37-34-31-28-24-21-18-15-12-9-6-3)60-54(57)48-45-42-39-36-33-29-26-23-20-17-14-11-8-5-2/h7-13,15-22,24-25,27-28,31,51H,4-6,14,23,26,29-30,32-50H2,1-3H3/b10-7-,11-8-,12-9-,16-13-,18-15-,20-17-,22-19-,24-21-,27-25-,31-28-. The van der Waals surface area contributed by atoms with Crippen LogP contribution in [0.4, 0.5) is 0 Å². The van der Waals surface area contributed by atoms with E-state index in [-0.39, 0.29) is 31.1 Å². The molecule has 0 saturated carbocycles. The van der Waals surface area contributed by atoms with Crippen molar-refractivity contribution in [1.82, 2.24) is 0 Å². The highest BCUT2D eigenvalue weighted by Crippen LogP contribution is 2.13. The van der Waals surface area contributed by atoms with E-state index >= 15 is 0 Å². The van der Waals surface area contributed by atoms with E-state index in [9.17, 15) is 14.4 Å². The lowest BCUT2D eigenvalue weighted by Gasteiger charge is -2.18. The summed E-state index contributed by atoms with van der Waals surface area (Å²) < 4.78 is 16.7. The highest BCUT2D eigenvalue weighted by Gasteiger charge is 2.19. The lowest BCUT2D eigenvalue weighted by atomic mass is 10.1. The van der Waals surface area contributed by atoms with Crippen molar-refractivity contribution in [3.05, 3.63) is 122 Å². The van der Waals surface area contributed by atoms with Gasteiger partial charge in [0.15, 0.2) is 6.10 Å². The van der Waals surface area contributed by atoms with Gasteiger partial charge in [0.05, 0.1) is 0 Å². The number of hydrogen-bond acceptors (Lipinski definition) is 6. The van der Waals surface area contributed by atoms with Crippen molar-refractivity contribution in [2.24, 2.45) is 0 Å². The van der Waals surface area contributed by atoms with Gasteiger partial charge in [-0.15, -0.1) is 0 Å². The monoisotopic (exact) mass is 829 g/mol. The molecule has 0 aliphatic rings. The van der Waals surface area contributed by atoms with Crippen LogP contribution >= 0.6 is 0 Å². The zero-order valence-corrected chi connectivity index (χ0v) is 38.2. The molecule has 1 unspecified atom stereocenters. The molecule has 0 heterocycles. The van der Waals surface area contributed by atoms with Crippen molar-refractivity contribution < 1.29 is 28.6 Å². The summed E-state index contributed by atoms with van der Waals surface area (Å²) >= 11 is 0. The summed E-state index contributed by atoms with van der Waals surface area (Å²) in [6, 6.07) is 0. The third kappa shape index (κ3) is 44.9. The second-order valence-corrected chi connectivity index (χ2v) is 15.1. The molecule has 0 rings (SSSR count). The fourth-order valence-corrected chi connectivity index (χ4v) is 5.91. The largest absolute Gasteiger partial charge is 0.462 e. The van der Waals surface area contributed by atoms with Gasteiger partial charge in [-0.05, 0) is 83.5 Å².